The Morgan fingerprint density at radius 2 is 1.56 bits per heavy atom. The van der Waals surface area contributed by atoms with Crippen molar-refractivity contribution in [3.8, 4) is 40.1 Å². The lowest BCUT2D eigenvalue weighted by Crippen LogP contribution is -1.92. The van der Waals surface area contributed by atoms with Gasteiger partial charge in [0.1, 0.15) is 17.2 Å². The van der Waals surface area contributed by atoms with Gasteiger partial charge in [-0.3, -0.25) is 0 Å². The first-order valence-corrected chi connectivity index (χ1v) is 8.34. The van der Waals surface area contributed by atoms with E-state index in [-0.39, 0.29) is 0 Å². The van der Waals surface area contributed by atoms with Crippen LogP contribution in [0.5, 0.6) is 17.2 Å². The van der Waals surface area contributed by atoms with Crippen molar-refractivity contribution < 1.29 is 14.0 Å². The van der Waals surface area contributed by atoms with Crippen LogP contribution in [0.1, 0.15) is 0 Å². The van der Waals surface area contributed by atoms with E-state index < -0.39 is 0 Å². The van der Waals surface area contributed by atoms with Gasteiger partial charge in [0.15, 0.2) is 0 Å². The molecule has 1 heterocycles. The number of hydrogen-bond acceptors (Lipinski definition) is 6. The molecule has 0 unspecified atom stereocenters. The number of rotatable bonds is 5. The van der Waals surface area contributed by atoms with E-state index in [1.165, 1.54) is 0 Å². The van der Waals surface area contributed by atoms with E-state index in [9.17, 15) is 0 Å². The van der Waals surface area contributed by atoms with Crippen molar-refractivity contribution in [2.24, 2.45) is 0 Å². The Morgan fingerprint density at radius 1 is 0.852 bits per heavy atom. The largest absolute Gasteiger partial charge is 0.495 e. The number of anilines is 1. The first-order valence-electron chi connectivity index (χ1n) is 8.34. The fraction of sp³-hybridized carbons (Fsp3) is 0.0476. The highest BCUT2D eigenvalue weighted by Gasteiger charge is 2.12. The summed E-state index contributed by atoms with van der Waals surface area (Å²) >= 11 is 0. The predicted molar refractivity (Wildman–Crippen MR) is 103 cm³/mol. The summed E-state index contributed by atoms with van der Waals surface area (Å²) in [5, 5.41) is 4.06. The Kier molecular flexibility index (Phi) is 4.45. The topological polar surface area (TPSA) is 83.4 Å². The number of nitrogens with zero attached hydrogens (tertiary/aromatic N) is 2. The van der Waals surface area contributed by atoms with Gasteiger partial charge in [0.25, 0.3) is 5.89 Å². The number of methoxy groups -OCH3 is 1. The van der Waals surface area contributed by atoms with Gasteiger partial charge in [0.05, 0.1) is 12.8 Å². The van der Waals surface area contributed by atoms with E-state index in [0.29, 0.717) is 23.2 Å². The molecule has 6 heteroatoms. The minimum absolute atomic E-state index is 0.396. The molecule has 0 fully saturated rings. The first-order chi connectivity index (χ1) is 13.2. The molecule has 0 atom stereocenters. The summed E-state index contributed by atoms with van der Waals surface area (Å²) in [5.74, 6) is 2.97. The fourth-order valence-electron chi connectivity index (χ4n) is 2.60. The summed E-state index contributed by atoms with van der Waals surface area (Å²) in [7, 11) is 1.56. The lowest BCUT2D eigenvalue weighted by molar-refractivity contribution is 0.415. The summed E-state index contributed by atoms with van der Waals surface area (Å²) in [4.78, 5) is 4.45. The van der Waals surface area contributed by atoms with Crippen LogP contribution in [-0.4, -0.2) is 17.3 Å². The monoisotopic (exact) mass is 359 g/mol. The van der Waals surface area contributed by atoms with Crippen LogP contribution in [0.2, 0.25) is 0 Å². The van der Waals surface area contributed by atoms with Crippen molar-refractivity contribution in [3.05, 3.63) is 72.8 Å². The molecule has 0 amide bonds. The Bertz CT molecular complexity index is 1040. The zero-order chi connectivity index (χ0) is 18.6. The van der Waals surface area contributed by atoms with Gasteiger partial charge in [0.2, 0.25) is 5.82 Å². The molecule has 0 aliphatic rings. The molecular formula is C21H17N3O3. The van der Waals surface area contributed by atoms with Crippen LogP contribution < -0.4 is 15.2 Å². The molecule has 0 aliphatic carbocycles. The minimum atomic E-state index is 0.396. The van der Waals surface area contributed by atoms with Crippen LogP contribution >= 0.6 is 0 Å². The zero-order valence-electron chi connectivity index (χ0n) is 14.6. The van der Waals surface area contributed by atoms with Crippen LogP contribution in [0.4, 0.5) is 5.69 Å². The van der Waals surface area contributed by atoms with Gasteiger partial charge in [-0.25, -0.2) is 0 Å². The lowest BCUT2D eigenvalue weighted by atomic mass is 10.2. The zero-order valence-corrected chi connectivity index (χ0v) is 14.6. The van der Waals surface area contributed by atoms with Gasteiger partial charge in [-0.05, 0) is 54.6 Å². The van der Waals surface area contributed by atoms with Crippen molar-refractivity contribution in [2.75, 3.05) is 12.8 Å². The second-order valence-electron chi connectivity index (χ2n) is 5.82. The summed E-state index contributed by atoms with van der Waals surface area (Å²) < 4.78 is 16.4. The first kappa shape index (κ1) is 16.7. The second-order valence-corrected chi connectivity index (χ2v) is 5.82. The van der Waals surface area contributed by atoms with Gasteiger partial charge < -0.3 is 19.7 Å². The molecule has 0 spiro atoms. The maximum absolute atomic E-state index is 5.84. The van der Waals surface area contributed by atoms with Gasteiger partial charge in [-0.15, -0.1) is 0 Å². The molecule has 4 rings (SSSR count). The highest BCUT2D eigenvalue weighted by molar-refractivity contribution is 5.66. The number of nitrogens with two attached hydrogens (primary N) is 1. The number of para-hydroxylation sites is 1. The van der Waals surface area contributed by atoms with E-state index in [2.05, 4.69) is 10.1 Å². The molecule has 3 aromatic carbocycles. The lowest BCUT2D eigenvalue weighted by Gasteiger charge is -2.05. The maximum atomic E-state index is 5.84. The average molecular weight is 359 g/mol. The molecule has 0 saturated heterocycles. The van der Waals surface area contributed by atoms with Crippen LogP contribution in [0.3, 0.4) is 0 Å². The van der Waals surface area contributed by atoms with Gasteiger partial charge in [-0.1, -0.05) is 23.4 Å². The Labute approximate surface area is 156 Å². The van der Waals surface area contributed by atoms with Crippen LogP contribution in [0.25, 0.3) is 22.8 Å². The number of aromatic nitrogens is 2. The molecule has 2 N–H and O–H groups in total. The quantitative estimate of drug-likeness (QED) is 0.516. The molecule has 4 aromatic rings. The van der Waals surface area contributed by atoms with Gasteiger partial charge >= 0.3 is 0 Å². The number of hydrogen-bond donors (Lipinski definition) is 1. The van der Waals surface area contributed by atoms with E-state index in [1.54, 1.807) is 19.2 Å². The number of benzene rings is 3. The van der Waals surface area contributed by atoms with Crippen molar-refractivity contribution in [1.82, 2.24) is 10.1 Å². The predicted octanol–water partition coefficient (Wildman–Crippen LogP) is 4.79. The molecule has 0 radical (unpaired) electrons. The van der Waals surface area contributed by atoms with Gasteiger partial charge in [-0.2, -0.15) is 4.98 Å². The van der Waals surface area contributed by atoms with E-state index >= 15 is 0 Å². The molecule has 6 nitrogen and oxygen atoms in total. The SMILES string of the molecule is COc1cc(-c2nc(-c3ccc(Oc4ccccc4)cc3)no2)ccc1N. The smallest absolute Gasteiger partial charge is 0.258 e. The minimum Gasteiger partial charge on any atom is -0.495 e. The standard InChI is InChI=1S/C21H17N3O3/c1-25-19-13-15(9-12-18(19)22)21-23-20(24-27-21)14-7-10-17(11-8-14)26-16-5-3-2-4-6-16/h2-13H,22H2,1H3. The normalized spacial score (nSPS) is 10.6. The van der Waals surface area contributed by atoms with Crippen molar-refractivity contribution in [2.45, 2.75) is 0 Å². The highest BCUT2D eigenvalue weighted by atomic mass is 16.5. The Balaban J connectivity index is 1.55. The molecule has 0 saturated carbocycles. The van der Waals surface area contributed by atoms with E-state index in [0.717, 1.165) is 22.6 Å². The summed E-state index contributed by atoms with van der Waals surface area (Å²) in [6.07, 6.45) is 0. The highest BCUT2D eigenvalue weighted by Crippen LogP contribution is 2.30. The van der Waals surface area contributed by atoms with Crippen LogP contribution in [-0.2, 0) is 0 Å². The number of nitrogen functional groups attached to an aromatic ring is 1. The second kappa shape index (κ2) is 7.21. The van der Waals surface area contributed by atoms with Gasteiger partial charge in [0, 0.05) is 11.1 Å². The average Bonchev–Trinajstić information content (AvgIpc) is 3.20. The van der Waals surface area contributed by atoms with Crippen molar-refractivity contribution in [3.63, 3.8) is 0 Å². The maximum Gasteiger partial charge on any atom is 0.258 e. The molecule has 27 heavy (non-hydrogen) atoms. The van der Waals surface area contributed by atoms with Crippen molar-refractivity contribution in [1.29, 1.82) is 0 Å². The summed E-state index contributed by atoms with van der Waals surface area (Å²) in [5.41, 5.74) is 7.96. The molecule has 0 aliphatic heterocycles. The Morgan fingerprint density at radius 3 is 2.30 bits per heavy atom. The fourth-order valence-corrected chi connectivity index (χ4v) is 2.60. The number of ether oxygens (including phenoxy) is 2. The van der Waals surface area contributed by atoms with Crippen LogP contribution in [0.15, 0.2) is 77.3 Å². The molecule has 134 valence electrons. The molecular weight excluding hydrogens is 342 g/mol. The third kappa shape index (κ3) is 3.59. The van der Waals surface area contributed by atoms with Crippen molar-refractivity contribution >= 4 is 5.69 Å². The van der Waals surface area contributed by atoms with Crippen LogP contribution in [0, 0.1) is 0 Å². The summed E-state index contributed by atoms with van der Waals surface area (Å²) in [6, 6.07) is 22.4. The third-order valence-corrected chi connectivity index (χ3v) is 4.00. The molecule has 0 bridgehead atoms. The summed E-state index contributed by atoms with van der Waals surface area (Å²) in [6.45, 7) is 0. The molecule has 1 aromatic heterocycles. The van der Waals surface area contributed by atoms with E-state index in [1.807, 2.05) is 60.7 Å². The van der Waals surface area contributed by atoms with E-state index in [4.69, 9.17) is 19.7 Å². The third-order valence-electron chi connectivity index (χ3n) is 4.00. The Hall–Kier alpha value is -3.80.